The summed E-state index contributed by atoms with van der Waals surface area (Å²) in [6.07, 6.45) is 53.8. The zero-order chi connectivity index (χ0) is 31.3. The van der Waals surface area contributed by atoms with Crippen LogP contribution < -0.4 is 0 Å². The molecule has 0 saturated heterocycles. The molecule has 0 bridgehead atoms. The summed E-state index contributed by atoms with van der Waals surface area (Å²) >= 11 is 0. The maximum Gasteiger partial charge on any atom is -0.00590 e. The number of hydrogen-bond donors (Lipinski definition) is 0. The third kappa shape index (κ3) is 4.32. The lowest BCUT2D eigenvalue weighted by Crippen LogP contribution is -2.53. The first-order chi connectivity index (χ1) is 23.8. The average molecular weight is 635 g/mol. The molecule has 0 aromatic carbocycles. The second-order valence-corrected chi connectivity index (χ2v) is 18.5. The first-order valence-corrected chi connectivity index (χ1v) is 21.1. The lowest BCUT2D eigenvalue weighted by molar-refractivity contribution is -0.109. The molecule has 11 rings (SSSR count). The second-order valence-electron chi connectivity index (χ2n) is 18.5. The Labute approximate surface area is 291 Å². The van der Waals surface area contributed by atoms with Crippen LogP contribution in [0, 0.1) is 82.9 Å². The summed E-state index contributed by atoms with van der Waals surface area (Å²) in [5.74, 6) is 12.5. The Kier molecular flexibility index (Phi) is 7.11. The second kappa shape index (κ2) is 11.6. The average Bonchev–Trinajstić information content (AvgIpc) is 3.48. The van der Waals surface area contributed by atoms with E-state index in [9.17, 15) is 0 Å². The van der Waals surface area contributed by atoms with Gasteiger partial charge in [-0.05, 0) is 200 Å². The smallest absolute Gasteiger partial charge is 0.00590 e. The van der Waals surface area contributed by atoms with Gasteiger partial charge in [0, 0.05) is 0 Å². The maximum atomic E-state index is 2.84. The third-order valence-corrected chi connectivity index (χ3v) is 16.9. The fourth-order valence-corrected chi connectivity index (χ4v) is 15.6. The van der Waals surface area contributed by atoms with E-state index in [4.69, 9.17) is 0 Å². The molecular formula is C48H58. The Morgan fingerprint density at radius 2 is 1.19 bits per heavy atom. The van der Waals surface area contributed by atoms with Crippen LogP contribution in [0.5, 0.6) is 0 Å². The maximum absolute atomic E-state index is 2.84. The zero-order valence-corrected chi connectivity index (χ0v) is 29.3. The molecule has 0 N–H and O–H groups in total. The molecule has 0 heteroatoms. The molecule has 0 aliphatic heterocycles. The minimum absolute atomic E-state index is 0.662. The summed E-state index contributed by atoms with van der Waals surface area (Å²) < 4.78 is 0. The highest BCUT2D eigenvalue weighted by Gasteiger charge is 2.67. The van der Waals surface area contributed by atoms with Crippen molar-refractivity contribution in [2.45, 2.75) is 103 Å². The van der Waals surface area contributed by atoms with E-state index in [-0.39, 0.29) is 0 Å². The van der Waals surface area contributed by atoms with Gasteiger partial charge in [-0.15, -0.1) is 0 Å². The molecule has 0 aromatic heterocycles. The fraction of sp³-hybridized carbons (Fsp3) is 0.625. The van der Waals surface area contributed by atoms with Gasteiger partial charge in [0.05, 0.1) is 0 Å². The first kappa shape index (κ1) is 29.4. The van der Waals surface area contributed by atoms with Crippen LogP contribution >= 0.6 is 0 Å². The van der Waals surface area contributed by atoms with Crippen molar-refractivity contribution in [3.8, 4) is 0 Å². The zero-order valence-electron chi connectivity index (χ0n) is 29.3. The molecule has 14 atom stereocenters. The standard InChI is InChI=1S/C48H58/c1-4-12-29(13-5-1)36-21-11-19-34-26-39-40(28-38(34)36)44(31-16-8-3-9-17-31)47-37-25-24-33-23-22-32-18-10-20-35-27-41(46(37)45(33)42(32)35)48(47)43(39)30-14-6-2-7-15-30/h4,6,8,11-17,19,26,32-33,35-38,40-42,44-48H,1-3,5,7,9-10,18,20-25,27-28H2. The van der Waals surface area contributed by atoms with Gasteiger partial charge >= 0.3 is 0 Å². The molecule has 11 aliphatic carbocycles. The molecule has 14 unspecified atom stereocenters. The molecule has 0 aromatic rings. The normalized spacial score (nSPS) is 48.0. The topological polar surface area (TPSA) is 0 Å². The van der Waals surface area contributed by atoms with E-state index < -0.39 is 0 Å². The van der Waals surface area contributed by atoms with Crippen molar-refractivity contribution in [1.29, 1.82) is 0 Å². The molecule has 5 saturated carbocycles. The van der Waals surface area contributed by atoms with E-state index in [0.717, 1.165) is 59.2 Å². The molecule has 11 aliphatic rings. The van der Waals surface area contributed by atoms with Crippen molar-refractivity contribution in [3.05, 3.63) is 106 Å². The summed E-state index contributed by atoms with van der Waals surface area (Å²) in [5, 5.41) is 0. The minimum atomic E-state index is 0.662. The van der Waals surface area contributed by atoms with Crippen LogP contribution in [0.2, 0.25) is 0 Å². The number of fused-ring (bicyclic) bond motifs is 5. The highest BCUT2D eigenvalue weighted by atomic mass is 14.7. The van der Waals surface area contributed by atoms with Gasteiger partial charge in [0.15, 0.2) is 0 Å². The van der Waals surface area contributed by atoms with Gasteiger partial charge in [-0.2, -0.15) is 0 Å². The van der Waals surface area contributed by atoms with Crippen LogP contribution in [0.15, 0.2) is 106 Å². The van der Waals surface area contributed by atoms with Gasteiger partial charge in [-0.3, -0.25) is 0 Å². The minimum Gasteiger partial charge on any atom is -0.0840 e. The van der Waals surface area contributed by atoms with E-state index in [2.05, 4.69) is 72.9 Å². The van der Waals surface area contributed by atoms with Gasteiger partial charge < -0.3 is 0 Å². The number of hydrogen-bond acceptors (Lipinski definition) is 0. The predicted molar refractivity (Wildman–Crippen MR) is 199 cm³/mol. The lowest BCUT2D eigenvalue weighted by atomic mass is 9.45. The Balaban J connectivity index is 1.11. The van der Waals surface area contributed by atoms with E-state index in [1.807, 2.05) is 11.1 Å². The van der Waals surface area contributed by atoms with Gasteiger partial charge in [0.1, 0.15) is 0 Å². The van der Waals surface area contributed by atoms with Crippen LogP contribution in [0.1, 0.15) is 103 Å². The Bertz CT molecular complexity index is 1630. The van der Waals surface area contributed by atoms with Crippen molar-refractivity contribution in [3.63, 3.8) is 0 Å². The van der Waals surface area contributed by atoms with E-state index in [1.165, 1.54) is 64.2 Å². The van der Waals surface area contributed by atoms with Crippen molar-refractivity contribution in [2.24, 2.45) is 82.9 Å². The Morgan fingerprint density at radius 3 is 1.98 bits per heavy atom. The molecular weight excluding hydrogens is 577 g/mol. The summed E-state index contributed by atoms with van der Waals surface area (Å²) in [6.45, 7) is 0. The predicted octanol–water partition coefficient (Wildman–Crippen LogP) is 12.2. The molecule has 5 fully saturated rings. The van der Waals surface area contributed by atoms with Gasteiger partial charge in [0.2, 0.25) is 0 Å². The third-order valence-electron chi connectivity index (χ3n) is 16.9. The van der Waals surface area contributed by atoms with Crippen molar-refractivity contribution in [1.82, 2.24) is 0 Å². The van der Waals surface area contributed by atoms with Crippen LogP contribution in [0.25, 0.3) is 0 Å². The van der Waals surface area contributed by atoms with Crippen molar-refractivity contribution in [2.75, 3.05) is 0 Å². The fourth-order valence-electron chi connectivity index (χ4n) is 15.6. The monoisotopic (exact) mass is 634 g/mol. The van der Waals surface area contributed by atoms with Crippen molar-refractivity contribution >= 4 is 0 Å². The highest BCUT2D eigenvalue weighted by molar-refractivity contribution is 5.57. The molecule has 0 radical (unpaired) electrons. The molecule has 0 nitrogen and oxygen atoms in total. The summed E-state index contributed by atoms with van der Waals surface area (Å²) in [7, 11) is 0. The first-order valence-electron chi connectivity index (χ1n) is 21.1. The van der Waals surface area contributed by atoms with Crippen LogP contribution in [-0.4, -0.2) is 0 Å². The van der Waals surface area contributed by atoms with E-state index >= 15 is 0 Å². The van der Waals surface area contributed by atoms with E-state index in [0.29, 0.717) is 23.7 Å². The van der Waals surface area contributed by atoms with Crippen LogP contribution in [0.4, 0.5) is 0 Å². The molecule has 0 spiro atoms. The Morgan fingerprint density at radius 1 is 0.458 bits per heavy atom. The van der Waals surface area contributed by atoms with E-state index in [1.54, 1.807) is 60.8 Å². The SMILES string of the molecule is C1=CC(C2=C3C=C4C=CCC(C5=CCCC=C5)C4CC3C(C3=CCCC=C3)C3C4CCC5CCC6CCCC7CC(C23)C4C5C67)=CCC1. The summed E-state index contributed by atoms with van der Waals surface area (Å²) in [4.78, 5) is 0. The molecule has 0 amide bonds. The van der Waals surface area contributed by atoms with Crippen LogP contribution in [-0.2, 0) is 0 Å². The van der Waals surface area contributed by atoms with Gasteiger partial charge in [-0.25, -0.2) is 0 Å². The van der Waals surface area contributed by atoms with Gasteiger partial charge in [-0.1, -0.05) is 92.2 Å². The Hall–Kier alpha value is -2.34. The molecule has 250 valence electrons. The highest BCUT2D eigenvalue weighted by Crippen LogP contribution is 2.73. The largest absolute Gasteiger partial charge is 0.0840 e. The quantitative estimate of drug-likeness (QED) is 0.290. The van der Waals surface area contributed by atoms with Crippen LogP contribution in [0.3, 0.4) is 0 Å². The molecule has 0 heterocycles. The molecule has 48 heavy (non-hydrogen) atoms. The lowest BCUT2D eigenvalue weighted by Gasteiger charge is -2.60. The number of allylic oxidation sites excluding steroid dienone is 18. The van der Waals surface area contributed by atoms with Gasteiger partial charge in [0.25, 0.3) is 0 Å². The number of rotatable bonds is 3. The summed E-state index contributed by atoms with van der Waals surface area (Å²) in [6, 6.07) is 0. The van der Waals surface area contributed by atoms with Crippen molar-refractivity contribution < 1.29 is 0 Å². The summed E-state index contributed by atoms with van der Waals surface area (Å²) in [5.41, 5.74) is 10.4.